The van der Waals surface area contributed by atoms with Gasteiger partial charge in [-0.15, -0.1) is 0 Å². The van der Waals surface area contributed by atoms with E-state index in [4.69, 9.17) is 10.2 Å². The monoisotopic (exact) mass is 265 g/mol. The lowest BCUT2D eigenvalue weighted by atomic mass is 10.1. The van der Waals surface area contributed by atoms with E-state index in [9.17, 15) is 4.79 Å². The number of rotatable bonds is 2. The highest BCUT2D eigenvalue weighted by Gasteiger charge is 2.07. The van der Waals surface area contributed by atoms with Crippen molar-refractivity contribution in [2.24, 2.45) is 0 Å². The van der Waals surface area contributed by atoms with Crippen LogP contribution in [-0.4, -0.2) is 0 Å². The number of hydrogen-bond donors (Lipinski definition) is 1. The summed E-state index contributed by atoms with van der Waals surface area (Å²) >= 11 is 0. The minimum absolute atomic E-state index is 0.0358. The highest BCUT2D eigenvalue weighted by Crippen LogP contribution is 2.24. The molecule has 2 aromatic carbocycles. The van der Waals surface area contributed by atoms with Crippen molar-refractivity contribution in [1.82, 2.24) is 0 Å². The van der Waals surface area contributed by atoms with E-state index in [2.05, 4.69) is 6.92 Å². The quantitative estimate of drug-likeness (QED) is 0.720. The smallest absolute Gasteiger partial charge is 0.193 e. The zero-order valence-electron chi connectivity index (χ0n) is 11.2. The van der Waals surface area contributed by atoms with Crippen LogP contribution in [0.4, 0.5) is 5.69 Å². The van der Waals surface area contributed by atoms with Crippen LogP contribution in [0.1, 0.15) is 12.5 Å². The molecular weight excluding hydrogens is 250 g/mol. The number of benzene rings is 2. The number of fused-ring (bicyclic) bond motifs is 1. The number of nitrogens with two attached hydrogens (primary N) is 1. The lowest BCUT2D eigenvalue weighted by Crippen LogP contribution is -2.00. The van der Waals surface area contributed by atoms with E-state index in [1.54, 1.807) is 12.1 Å². The van der Waals surface area contributed by atoms with Crippen LogP contribution < -0.4 is 11.2 Å². The highest BCUT2D eigenvalue weighted by atomic mass is 16.3. The molecule has 1 heterocycles. The number of anilines is 1. The molecule has 100 valence electrons. The summed E-state index contributed by atoms with van der Waals surface area (Å²) in [5.74, 6) is 0.544. The molecule has 1 aromatic heterocycles. The molecule has 0 saturated carbocycles. The summed E-state index contributed by atoms with van der Waals surface area (Å²) in [6, 6.07) is 14.5. The van der Waals surface area contributed by atoms with Crippen LogP contribution in [0.2, 0.25) is 0 Å². The highest BCUT2D eigenvalue weighted by molar-refractivity contribution is 5.79. The van der Waals surface area contributed by atoms with Crippen LogP contribution in [0.25, 0.3) is 22.3 Å². The standard InChI is InChI=1S/C17H15NO2/c1-2-11-6-7-14-15(19)10-16(20-17(14)8-11)12-4-3-5-13(18)9-12/h3-10H,2,18H2,1H3. The molecule has 0 atom stereocenters. The maximum Gasteiger partial charge on any atom is 0.193 e. The summed E-state index contributed by atoms with van der Waals surface area (Å²) < 4.78 is 5.87. The second-order valence-electron chi connectivity index (χ2n) is 4.78. The first-order valence-electron chi connectivity index (χ1n) is 6.60. The molecule has 0 amide bonds. The molecular formula is C17H15NO2. The minimum atomic E-state index is -0.0358. The van der Waals surface area contributed by atoms with E-state index in [0.29, 0.717) is 22.4 Å². The van der Waals surface area contributed by atoms with Crippen molar-refractivity contribution in [3.63, 3.8) is 0 Å². The Morgan fingerprint density at radius 1 is 1.10 bits per heavy atom. The maximum absolute atomic E-state index is 12.2. The average Bonchev–Trinajstić information content (AvgIpc) is 2.46. The van der Waals surface area contributed by atoms with E-state index >= 15 is 0 Å². The fraction of sp³-hybridized carbons (Fsp3) is 0.118. The number of nitrogen functional groups attached to an aromatic ring is 1. The van der Waals surface area contributed by atoms with Gasteiger partial charge < -0.3 is 10.2 Å². The predicted octanol–water partition coefficient (Wildman–Crippen LogP) is 3.60. The van der Waals surface area contributed by atoms with E-state index in [-0.39, 0.29) is 5.43 Å². The third-order valence-electron chi connectivity index (χ3n) is 3.37. The van der Waals surface area contributed by atoms with Gasteiger partial charge in [-0.25, -0.2) is 0 Å². The third-order valence-corrected chi connectivity index (χ3v) is 3.37. The van der Waals surface area contributed by atoms with Gasteiger partial charge in [0, 0.05) is 17.3 Å². The molecule has 3 nitrogen and oxygen atoms in total. The first kappa shape index (κ1) is 12.5. The molecule has 2 N–H and O–H groups in total. The van der Waals surface area contributed by atoms with Gasteiger partial charge in [0.2, 0.25) is 0 Å². The molecule has 0 unspecified atom stereocenters. The van der Waals surface area contributed by atoms with E-state index in [1.807, 2.05) is 30.3 Å². The number of aryl methyl sites for hydroxylation is 1. The van der Waals surface area contributed by atoms with Gasteiger partial charge in [0.25, 0.3) is 0 Å². The molecule has 0 bridgehead atoms. The van der Waals surface area contributed by atoms with Gasteiger partial charge in [0.1, 0.15) is 11.3 Å². The number of hydrogen-bond acceptors (Lipinski definition) is 3. The Labute approximate surface area is 116 Å². The summed E-state index contributed by atoms with van der Waals surface area (Å²) in [6.07, 6.45) is 0.905. The predicted molar refractivity (Wildman–Crippen MR) is 81.7 cm³/mol. The Morgan fingerprint density at radius 2 is 1.95 bits per heavy atom. The Balaban J connectivity index is 2.25. The van der Waals surface area contributed by atoms with Crippen LogP contribution >= 0.6 is 0 Å². The van der Waals surface area contributed by atoms with E-state index < -0.39 is 0 Å². The molecule has 0 aliphatic carbocycles. The van der Waals surface area contributed by atoms with Gasteiger partial charge >= 0.3 is 0 Å². The molecule has 20 heavy (non-hydrogen) atoms. The van der Waals surface area contributed by atoms with Crippen molar-refractivity contribution >= 4 is 16.7 Å². The van der Waals surface area contributed by atoms with Crippen molar-refractivity contribution in [2.75, 3.05) is 5.73 Å². The van der Waals surface area contributed by atoms with E-state index in [0.717, 1.165) is 17.5 Å². The lowest BCUT2D eigenvalue weighted by Gasteiger charge is -2.05. The molecule has 3 rings (SSSR count). The topological polar surface area (TPSA) is 56.2 Å². The zero-order valence-corrected chi connectivity index (χ0v) is 11.2. The van der Waals surface area contributed by atoms with Crippen LogP contribution in [-0.2, 0) is 6.42 Å². The summed E-state index contributed by atoms with van der Waals surface area (Å²) in [7, 11) is 0. The molecule has 0 aliphatic rings. The minimum Gasteiger partial charge on any atom is -0.456 e. The molecule has 3 aromatic rings. The van der Waals surface area contributed by atoms with Crippen molar-refractivity contribution in [2.45, 2.75) is 13.3 Å². The van der Waals surface area contributed by atoms with Crippen molar-refractivity contribution < 1.29 is 4.42 Å². The van der Waals surface area contributed by atoms with Crippen molar-refractivity contribution in [3.8, 4) is 11.3 Å². The van der Waals surface area contributed by atoms with E-state index in [1.165, 1.54) is 6.07 Å². The molecule has 0 radical (unpaired) electrons. The second-order valence-corrected chi connectivity index (χ2v) is 4.78. The van der Waals surface area contributed by atoms with Gasteiger partial charge in [0.05, 0.1) is 5.39 Å². The van der Waals surface area contributed by atoms with Crippen LogP contribution in [0.3, 0.4) is 0 Å². The first-order chi connectivity index (χ1) is 9.67. The Kier molecular flexibility index (Phi) is 3.03. The molecule has 3 heteroatoms. The largest absolute Gasteiger partial charge is 0.456 e. The SMILES string of the molecule is CCc1ccc2c(=O)cc(-c3cccc(N)c3)oc2c1. The summed E-state index contributed by atoms with van der Waals surface area (Å²) in [5.41, 5.74) is 8.96. The summed E-state index contributed by atoms with van der Waals surface area (Å²) in [5, 5.41) is 0.606. The van der Waals surface area contributed by atoms with Crippen LogP contribution in [0.5, 0.6) is 0 Å². The normalized spacial score (nSPS) is 10.8. The zero-order chi connectivity index (χ0) is 14.1. The fourth-order valence-electron chi connectivity index (χ4n) is 2.25. The van der Waals surface area contributed by atoms with Crippen molar-refractivity contribution in [3.05, 3.63) is 64.3 Å². The molecule has 0 fully saturated rings. The van der Waals surface area contributed by atoms with Gasteiger partial charge in [-0.05, 0) is 36.2 Å². The summed E-state index contributed by atoms with van der Waals surface area (Å²) in [6.45, 7) is 2.07. The molecule has 0 aliphatic heterocycles. The van der Waals surface area contributed by atoms with Crippen LogP contribution in [0.15, 0.2) is 57.7 Å². The van der Waals surface area contributed by atoms with Crippen LogP contribution in [0, 0.1) is 0 Å². The van der Waals surface area contributed by atoms with Gasteiger partial charge in [0.15, 0.2) is 5.43 Å². The van der Waals surface area contributed by atoms with Gasteiger partial charge in [-0.3, -0.25) is 4.79 Å². The Morgan fingerprint density at radius 3 is 2.70 bits per heavy atom. The van der Waals surface area contributed by atoms with Gasteiger partial charge in [-0.1, -0.05) is 25.1 Å². The Bertz CT molecular complexity index is 834. The molecule has 0 saturated heterocycles. The lowest BCUT2D eigenvalue weighted by molar-refractivity contribution is 0.618. The fourth-order valence-corrected chi connectivity index (χ4v) is 2.25. The van der Waals surface area contributed by atoms with Gasteiger partial charge in [-0.2, -0.15) is 0 Å². The summed E-state index contributed by atoms with van der Waals surface area (Å²) in [4.78, 5) is 12.2. The Hall–Kier alpha value is -2.55. The maximum atomic E-state index is 12.2. The molecule has 0 spiro atoms. The average molecular weight is 265 g/mol. The second kappa shape index (κ2) is 4.85. The van der Waals surface area contributed by atoms with Crippen molar-refractivity contribution in [1.29, 1.82) is 0 Å². The first-order valence-corrected chi connectivity index (χ1v) is 6.60. The third kappa shape index (κ3) is 2.18.